The Hall–Kier alpha value is -1.51. The zero-order chi connectivity index (χ0) is 18.0. The van der Waals surface area contributed by atoms with Gasteiger partial charge in [0, 0.05) is 10.6 Å². The summed E-state index contributed by atoms with van der Waals surface area (Å²) in [4.78, 5) is 37.2. The van der Waals surface area contributed by atoms with Crippen LogP contribution in [0.25, 0.3) is 6.08 Å². The molecule has 6 nitrogen and oxygen atoms in total. The van der Waals surface area contributed by atoms with Gasteiger partial charge in [0.15, 0.2) is 0 Å². The van der Waals surface area contributed by atoms with Gasteiger partial charge in [0.25, 0.3) is 11.1 Å². The number of esters is 1. The van der Waals surface area contributed by atoms with E-state index < -0.39 is 23.2 Å². The number of benzene rings is 1. The van der Waals surface area contributed by atoms with Gasteiger partial charge in [0.1, 0.15) is 11.8 Å². The first kappa shape index (κ1) is 18.8. The molecule has 0 aliphatic carbocycles. The number of carbonyl (C=O) groups is 3. The minimum Gasteiger partial charge on any atom is -0.506 e. The van der Waals surface area contributed by atoms with Crippen LogP contribution in [0.15, 0.2) is 21.5 Å². The van der Waals surface area contributed by atoms with Crippen molar-refractivity contribution in [3.05, 3.63) is 32.1 Å². The van der Waals surface area contributed by atoms with E-state index in [4.69, 9.17) is 16.3 Å². The first-order chi connectivity index (χ1) is 11.3. The first-order valence-electron chi connectivity index (χ1n) is 6.88. The predicted octanol–water partition coefficient (Wildman–Crippen LogP) is 3.80. The molecule has 1 aromatic rings. The molecule has 1 fully saturated rings. The molecule has 2 rings (SSSR count). The number of nitrogens with zero attached hydrogens (tertiary/aromatic N) is 1. The van der Waals surface area contributed by atoms with Gasteiger partial charge in [0.2, 0.25) is 0 Å². The molecule has 24 heavy (non-hydrogen) atoms. The van der Waals surface area contributed by atoms with Crippen LogP contribution in [0.2, 0.25) is 5.02 Å². The number of imide groups is 1. The number of hydrogen-bond donors (Lipinski definition) is 1. The number of aromatic hydroxyl groups is 1. The number of halogens is 2. The Labute approximate surface area is 155 Å². The quantitative estimate of drug-likeness (QED) is 0.573. The molecule has 1 atom stereocenters. The summed E-state index contributed by atoms with van der Waals surface area (Å²) >= 11 is 9.76. The molecule has 0 bridgehead atoms. The zero-order valence-electron chi connectivity index (χ0n) is 12.7. The Kier molecular flexibility index (Phi) is 5.95. The van der Waals surface area contributed by atoms with Crippen LogP contribution in [0.4, 0.5) is 4.79 Å². The van der Waals surface area contributed by atoms with Gasteiger partial charge in [-0.25, -0.2) is 4.79 Å². The molecule has 1 N–H and O–H groups in total. The molecule has 128 valence electrons. The number of phenolic OH excluding ortho intramolecular Hbond substituents is 1. The highest BCUT2D eigenvalue weighted by molar-refractivity contribution is 9.10. The minimum absolute atomic E-state index is 0.0839. The van der Waals surface area contributed by atoms with Crippen molar-refractivity contribution in [2.75, 3.05) is 6.61 Å². The molecule has 1 heterocycles. The molecule has 0 radical (unpaired) electrons. The Morgan fingerprint density at radius 2 is 2.17 bits per heavy atom. The van der Waals surface area contributed by atoms with E-state index >= 15 is 0 Å². The summed E-state index contributed by atoms with van der Waals surface area (Å²) in [5, 5.41) is 9.80. The van der Waals surface area contributed by atoms with Crippen LogP contribution in [0.1, 0.15) is 19.4 Å². The van der Waals surface area contributed by atoms with Gasteiger partial charge in [-0.2, -0.15) is 0 Å². The first-order valence-corrected chi connectivity index (χ1v) is 8.86. The fourth-order valence-corrected chi connectivity index (χ4v) is 3.75. The van der Waals surface area contributed by atoms with Crippen LogP contribution in [0.5, 0.6) is 5.75 Å². The van der Waals surface area contributed by atoms with E-state index in [1.54, 1.807) is 6.92 Å². The molecular formula is C15H13BrClNO5S. The van der Waals surface area contributed by atoms with E-state index in [0.29, 0.717) is 21.3 Å². The topological polar surface area (TPSA) is 83.9 Å². The maximum atomic E-state index is 12.4. The molecule has 0 spiro atoms. The van der Waals surface area contributed by atoms with Crippen molar-refractivity contribution in [3.63, 3.8) is 0 Å². The number of phenols is 1. The van der Waals surface area contributed by atoms with Crippen molar-refractivity contribution in [1.29, 1.82) is 0 Å². The fourth-order valence-electron chi connectivity index (χ4n) is 2.02. The zero-order valence-corrected chi connectivity index (χ0v) is 15.9. The second-order valence-electron chi connectivity index (χ2n) is 4.81. The lowest BCUT2D eigenvalue weighted by atomic mass is 10.2. The molecular weight excluding hydrogens is 422 g/mol. The molecule has 0 aromatic heterocycles. The van der Waals surface area contributed by atoms with Gasteiger partial charge in [-0.05, 0) is 59.7 Å². The van der Waals surface area contributed by atoms with E-state index in [9.17, 15) is 19.5 Å². The fraction of sp³-hybridized carbons (Fsp3) is 0.267. The van der Waals surface area contributed by atoms with Crippen LogP contribution < -0.4 is 0 Å². The van der Waals surface area contributed by atoms with E-state index in [0.717, 1.165) is 4.90 Å². The Morgan fingerprint density at radius 1 is 1.50 bits per heavy atom. The maximum absolute atomic E-state index is 12.4. The molecule has 1 aliphatic heterocycles. The van der Waals surface area contributed by atoms with Crippen LogP contribution in [0.3, 0.4) is 0 Å². The number of amides is 2. The summed E-state index contributed by atoms with van der Waals surface area (Å²) in [7, 11) is 0. The average molecular weight is 435 g/mol. The number of thioether (sulfide) groups is 1. The van der Waals surface area contributed by atoms with Crippen LogP contribution in [-0.2, 0) is 14.3 Å². The van der Waals surface area contributed by atoms with Crippen LogP contribution in [0, 0.1) is 0 Å². The SMILES string of the molecule is CCOC(=O)[C@@H](C)N1C(=O)S/C(=C/c2cc(Cl)cc(Br)c2O)C1=O. The van der Waals surface area contributed by atoms with Crippen molar-refractivity contribution < 1.29 is 24.2 Å². The highest BCUT2D eigenvalue weighted by Gasteiger charge is 2.41. The predicted molar refractivity (Wildman–Crippen MR) is 94.7 cm³/mol. The van der Waals surface area contributed by atoms with Crippen molar-refractivity contribution in [2.24, 2.45) is 0 Å². The highest BCUT2D eigenvalue weighted by Crippen LogP contribution is 2.38. The second-order valence-corrected chi connectivity index (χ2v) is 7.09. The van der Waals surface area contributed by atoms with Gasteiger partial charge < -0.3 is 9.84 Å². The summed E-state index contributed by atoms with van der Waals surface area (Å²) in [6, 6.07) is 1.94. The third-order valence-corrected chi connectivity index (χ3v) is 4.89. The van der Waals surface area contributed by atoms with Gasteiger partial charge in [-0.3, -0.25) is 14.5 Å². The third-order valence-electron chi connectivity index (χ3n) is 3.18. The summed E-state index contributed by atoms with van der Waals surface area (Å²) in [6.07, 6.45) is 1.36. The molecule has 1 aromatic carbocycles. The molecule has 2 amide bonds. The van der Waals surface area contributed by atoms with Crippen molar-refractivity contribution in [2.45, 2.75) is 19.9 Å². The number of rotatable bonds is 4. The van der Waals surface area contributed by atoms with E-state index in [1.165, 1.54) is 25.1 Å². The normalized spacial score (nSPS) is 17.5. The van der Waals surface area contributed by atoms with Gasteiger partial charge in [-0.15, -0.1) is 0 Å². The van der Waals surface area contributed by atoms with E-state index in [-0.39, 0.29) is 22.8 Å². The summed E-state index contributed by atoms with van der Waals surface area (Å²) in [6.45, 7) is 3.21. The lowest BCUT2D eigenvalue weighted by Gasteiger charge is -2.19. The Bertz CT molecular complexity index is 752. The molecule has 1 saturated heterocycles. The summed E-state index contributed by atoms with van der Waals surface area (Å²) < 4.78 is 5.20. The lowest BCUT2D eigenvalue weighted by molar-refractivity contribution is -0.150. The highest BCUT2D eigenvalue weighted by atomic mass is 79.9. The van der Waals surface area contributed by atoms with Crippen molar-refractivity contribution in [3.8, 4) is 5.75 Å². The molecule has 0 saturated carbocycles. The largest absolute Gasteiger partial charge is 0.506 e. The number of hydrogen-bond acceptors (Lipinski definition) is 6. The summed E-state index contributed by atoms with van der Waals surface area (Å²) in [5.41, 5.74) is 0.281. The van der Waals surface area contributed by atoms with Crippen LogP contribution >= 0.6 is 39.3 Å². The van der Waals surface area contributed by atoms with Crippen molar-refractivity contribution >= 4 is 62.5 Å². The van der Waals surface area contributed by atoms with Crippen LogP contribution in [-0.4, -0.2) is 39.8 Å². The Morgan fingerprint density at radius 3 is 2.79 bits per heavy atom. The smallest absolute Gasteiger partial charge is 0.329 e. The lowest BCUT2D eigenvalue weighted by Crippen LogP contribution is -2.42. The number of ether oxygens (including phenoxy) is 1. The molecule has 1 aliphatic rings. The number of carbonyl (C=O) groups excluding carboxylic acids is 3. The van der Waals surface area contributed by atoms with E-state index in [2.05, 4.69) is 15.9 Å². The standard InChI is InChI=1S/C15H13BrClNO5S/c1-3-23-14(21)7(2)18-13(20)11(24-15(18)22)5-8-4-9(17)6-10(16)12(8)19/h4-7,19H,3H2,1-2H3/b11-5+/t7-/m1/s1. The van der Waals surface area contributed by atoms with E-state index in [1.807, 2.05) is 0 Å². The second kappa shape index (κ2) is 7.58. The molecule has 9 heteroatoms. The van der Waals surface area contributed by atoms with Crippen molar-refractivity contribution in [1.82, 2.24) is 4.90 Å². The third kappa shape index (κ3) is 3.76. The van der Waals surface area contributed by atoms with Gasteiger partial charge in [0.05, 0.1) is 16.0 Å². The Balaban J connectivity index is 2.33. The average Bonchev–Trinajstić information content (AvgIpc) is 2.78. The molecule has 0 unspecified atom stereocenters. The van der Waals surface area contributed by atoms with Gasteiger partial charge >= 0.3 is 5.97 Å². The monoisotopic (exact) mass is 433 g/mol. The minimum atomic E-state index is -1.02. The maximum Gasteiger partial charge on any atom is 0.329 e. The van der Waals surface area contributed by atoms with Gasteiger partial charge in [-0.1, -0.05) is 11.6 Å². The summed E-state index contributed by atoms with van der Waals surface area (Å²) in [5.74, 6) is -1.39.